The lowest BCUT2D eigenvalue weighted by Gasteiger charge is -2.46. The maximum absolute atomic E-state index is 12.4. The SMILES string of the molecule is CC(=O)O[C@H](CCC/C=C/C=C/C=C/C=C/C=C/c1ccc(O[C@@H]2O[C@H](CO[C@@H]3O[C@@H](C)[C@H](O)[C@@H](O[C@@H]4O[C@H](COC(=O)/C=C/C=C/c5ccccc5)[C@@H](O)[C@H](O)[C@H]4O)[C@H]3O)[C@@H](O)[C@H](O)[C@H]2O)cc1)C(=O)O. The molecule has 5 rings (SSSR count). The molecular weight excluding hydrogens is 945 g/mol. The highest BCUT2D eigenvalue weighted by Crippen LogP contribution is 2.31. The average Bonchev–Trinajstić information content (AvgIpc) is 3.36. The first kappa shape index (κ1) is 57.2. The molecule has 0 saturated carbocycles. The number of unbranched alkanes of at least 4 members (excludes halogenated alkanes) is 1. The molecule has 3 aliphatic heterocycles. The third kappa shape index (κ3) is 17.5. The van der Waals surface area contributed by atoms with Crippen LogP contribution >= 0.6 is 0 Å². The Morgan fingerprint density at radius 1 is 0.611 bits per heavy atom. The monoisotopic (exact) mass is 1010 g/mol. The van der Waals surface area contributed by atoms with Crippen LogP contribution in [0.25, 0.3) is 12.2 Å². The Balaban J connectivity index is 1.07. The average molecular weight is 1010 g/mol. The van der Waals surface area contributed by atoms with Crippen LogP contribution in [0.5, 0.6) is 5.75 Å². The molecule has 16 atom stereocenters. The van der Waals surface area contributed by atoms with Crippen molar-refractivity contribution in [1.82, 2.24) is 0 Å². The predicted molar refractivity (Wildman–Crippen MR) is 256 cm³/mol. The summed E-state index contributed by atoms with van der Waals surface area (Å²) >= 11 is 0. The van der Waals surface area contributed by atoms with Crippen LogP contribution in [0.2, 0.25) is 0 Å². The quantitative estimate of drug-likeness (QED) is 0.0332. The van der Waals surface area contributed by atoms with Gasteiger partial charge in [0, 0.05) is 13.0 Å². The van der Waals surface area contributed by atoms with Crippen molar-refractivity contribution in [2.75, 3.05) is 13.2 Å². The molecule has 0 bridgehead atoms. The van der Waals surface area contributed by atoms with Crippen LogP contribution in [0.1, 0.15) is 44.2 Å². The summed E-state index contributed by atoms with van der Waals surface area (Å²) in [5.74, 6) is -2.34. The van der Waals surface area contributed by atoms with Crippen LogP contribution in [-0.4, -0.2) is 175 Å². The number of aliphatic hydroxyl groups is 8. The summed E-state index contributed by atoms with van der Waals surface area (Å²) in [4.78, 5) is 34.5. The molecule has 3 heterocycles. The van der Waals surface area contributed by atoms with E-state index in [0.717, 1.165) is 17.2 Å². The van der Waals surface area contributed by atoms with Crippen LogP contribution in [0.3, 0.4) is 0 Å². The number of ether oxygens (including phenoxy) is 8. The van der Waals surface area contributed by atoms with Crippen molar-refractivity contribution in [3.63, 3.8) is 0 Å². The number of carboxylic acid groups (broad SMARTS) is 1. The molecule has 20 nitrogen and oxygen atoms in total. The van der Waals surface area contributed by atoms with Crippen molar-refractivity contribution >= 4 is 30.1 Å². The summed E-state index contributed by atoms with van der Waals surface area (Å²) in [5.41, 5.74) is 1.71. The molecule has 72 heavy (non-hydrogen) atoms. The number of esters is 2. The summed E-state index contributed by atoms with van der Waals surface area (Å²) in [6, 6.07) is 16.0. The van der Waals surface area contributed by atoms with Gasteiger partial charge in [-0.2, -0.15) is 0 Å². The molecule has 9 N–H and O–H groups in total. The van der Waals surface area contributed by atoms with Crippen molar-refractivity contribution in [2.24, 2.45) is 0 Å². The smallest absolute Gasteiger partial charge is 0.345 e. The van der Waals surface area contributed by atoms with Crippen molar-refractivity contribution in [2.45, 2.75) is 131 Å². The first-order chi connectivity index (χ1) is 34.5. The fourth-order valence-corrected chi connectivity index (χ4v) is 7.41. The summed E-state index contributed by atoms with van der Waals surface area (Å²) in [5, 5.41) is 95.6. The van der Waals surface area contributed by atoms with Crippen molar-refractivity contribution in [3.8, 4) is 5.75 Å². The molecule has 0 unspecified atom stereocenters. The number of rotatable bonds is 23. The zero-order chi connectivity index (χ0) is 52.2. The first-order valence-electron chi connectivity index (χ1n) is 23.3. The Kier molecular flexibility index (Phi) is 23.1. The van der Waals surface area contributed by atoms with E-state index in [9.17, 15) is 55.2 Å². The van der Waals surface area contributed by atoms with E-state index in [0.29, 0.717) is 12.8 Å². The van der Waals surface area contributed by atoms with E-state index in [1.807, 2.05) is 91.1 Å². The lowest BCUT2D eigenvalue weighted by atomic mass is 9.97. The number of carbonyl (C=O) groups excluding carboxylic acids is 2. The fraction of sp³-hybridized carbons (Fsp3) is 0.442. The molecule has 0 aromatic heterocycles. The van der Waals surface area contributed by atoms with Gasteiger partial charge >= 0.3 is 17.9 Å². The van der Waals surface area contributed by atoms with Gasteiger partial charge in [0.05, 0.1) is 12.7 Å². The van der Waals surface area contributed by atoms with E-state index in [-0.39, 0.29) is 12.2 Å². The van der Waals surface area contributed by atoms with Gasteiger partial charge in [-0.3, -0.25) is 4.79 Å². The van der Waals surface area contributed by atoms with E-state index < -0.39 is 129 Å². The lowest BCUT2D eigenvalue weighted by molar-refractivity contribution is -0.361. The number of allylic oxidation sites excluding steroid dienone is 11. The van der Waals surface area contributed by atoms with Gasteiger partial charge in [-0.1, -0.05) is 121 Å². The standard InChI is InChI=1S/C52H64O20/c1-31-40(55)48(72-52-46(61)44(59)41(56)37(71-52)29-65-39(54)24-18-17-22-33-19-14-12-15-20-33)47(62)50(67-31)66-30-38-42(57)43(58)45(60)51(70-38)69-35-27-25-34(26-28-35)21-13-10-8-6-4-3-5-7-9-11-16-23-36(49(63)64)68-32(2)53/h3-10,12-15,17-22,24-28,31,36-38,40-48,50-52,55-62H,11,16,23,29-30H2,1-2H3,(H,63,64)/b5-3+,6-4+,9-7+,10-8+,21-13+,22-17+,24-18+/t31-,36+,37+,38+,40-,41+,42+,43-,44-,45+,46+,47+,48+,50+,51+,52-/m0/s1. The zero-order valence-electron chi connectivity index (χ0n) is 39.6. The third-order valence-corrected chi connectivity index (χ3v) is 11.4. The van der Waals surface area contributed by atoms with Gasteiger partial charge in [0.25, 0.3) is 0 Å². The molecule has 2 aromatic rings. The lowest BCUT2D eigenvalue weighted by Crippen LogP contribution is -2.64. The number of carboxylic acids is 1. The van der Waals surface area contributed by atoms with E-state index >= 15 is 0 Å². The largest absolute Gasteiger partial charge is 0.479 e. The molecule has 392 valence electrons. The second kappa shape index (κ2) is 29.1. The van der Waals surface area contributed by atoms with Gasteiger partial charge in [-0.15, -0.1) is 0 Å². The minimum Gasteiger partial charge on any atom is -0.479 e. The molecule has 2 aromatic carbocycles. The Hall–Kier alpha value is -5.69. The van der Waals surface area contributed by atoms with Gasteiger partial charge in [-0.25, -0.2) is 9.59 Å². The molecule has 0 amide bonds. The molecule has 3 fully saturated rings. The predicted octanol–water partition coefficient (Wildman–Crippen LogP) is 1.79. The van der Waals surface area contributed by atoms with Crippen LogP contribution in [0, 0.1) is 0 Å². The number of hydrogen-bond donors (Lipinski definition) is 9. The fourth-order valence-electron chi connectivity index (χ4n) is 7.41. The Labute approximate surface area is 416 Å². The topological polar surface area (TPSA) is 307 Å². The molecule has 20 heteroatoms. The second-order valence-corrected chi connectivity index (χ2v) is 16.9. The van der Waals surface area contributed by atoms with E-state index in [4.69, 9.17) is 43.0 Å². The van der Waals surface area contributed by atoms with Crippen molar-refractivity contribution in [1.29, 1.82) is 0 Å². The maximum Gasteiger partial charge on any atom is 0.345 e. The second-order valence-electron chi connectivity index (χ2n) is 16.9. The number of hydrogen-bond acceptors (Lipinski definition) is 19. The van der Waals surface area contributed by atoms with E-state index in [1.54, 1.807) is 36.4 Å². The zero-order valence-corrected chi connectivity index (χ0v) is 39.6. The summed E-state index contributed by atoms with van der Waals surface area (Å²) < 4.78 is 44.5. The van der Waals surface area contributed by atoms with Crippen LogP contribution in [0.4, 0.5) is 0 Å². The van der Waals surface area contributed by atoms with Crippen molar-refractivity contribution < 1.29 is 98.2 Å². The number of aliphatic hydroxyl groups excluding tert-OH is 8. The highest BCUT2D eigenvalue weighted by atomic mass is 16.7. The third-order valence-electron chi connectivity index (χ3n) is 11.4. The van der Waals surface area contributed by atoms with Gasteiger partial charge in [-0.05, 0) is 49.4 Å². The van der Waals surface area contributed by atoms with Gasteiger partial charge in [0.2, 0.25) is 6.29 Å². The number of carbonyl (C=O) groups is 3. The molecular formula is C52H64O20. The molecule has 3 aliphatic rings. The summed E-state index contributed by atoms with van der Waals surface area (Å²) in [6.07, 6.45) is 0.357. The first-order valence-corrected chi connectivity index (χ1v) is 23.3. The number of aliphatic carboxylic acids is 1. The highest BCUT2D eigenvalue weighted by Gasteiger charge is 2.51. The number of benzene rings is 2. The minimum absolute atomic E-state index is 0.226. The molecule has 0 aliphatic carbocycles. The molecule has 3 saturated heterocycles. The Morgan fingerprint density at radius 2 is 1.18 bits per heavy atom. The Morgan fingerprint density at radius 3 is 1.82 bits per heavy atom. The normalized spacial score (nSPS) is 31.9. The van der Waals surface area contributed by atoms with Crippen LogP contribution in [-0.2, 0) is 47.5 Å². The van der Waals surface area contributed by atoms with Crippen LogP contribution < -0.4 is 4.74 Å². The summed E-state index contributed by atoms with van der Waals surface area (Å²) in [6.45, 7) is 1.49. The highest BCUT2D eigenvalue weighted by molar-refractivity contribution is 5.82. The molecule has 0 radical (unpaired) electrons. The van der Waals surface area contributed by atoms with E-state index in [1.165, 1.54) is 19.9 Å². The Bertz CT molecular complexity index is 2210. The van der Waals surface area contributed by atoms with Crippen LogP contribution in [0.15, 0.2) is 128 Å². The van der Waals surface area contributed by atoms with Gasteiger partial charge in [0.1, 0.15) is 79.5 Å². The minimum atomic E-state index is -1.89. The van der Waals surface area contributed by atoms with Crippen molar-refractivity contribution in [3.05, 3.63) is 139 Å². The maximum atomic E-state index is 12.4. The summed E-state index contributed by atoms with van der Waals surface area (Å²) in [7, 11) is 0. The molecule has 0 spiro atoms. The van der Waals surface area contributed by atoms with Gasteiger partial charge < -0.3 is 83.9 Å². The van der Waals surface area contributed by atoms with Gasteiger partial charge in [0.15, 0.2) is 18.7 Å². The van der Waals surface area contributed by atoms with E-state index in [2.05, 4.69) is 0 Å².